The van der Waals surface area contributed by atoms with Crippen molar-refractivity contribution in [1.82, 2.24) is 0 Å². The minimum atomic E-state index is -1.83. The van der Waals surface area contributed by atoms with Gasteiger partial charge in [0.15, 0.2) is 18.0 Å². The van der Waals surface area contributed by atoms with E-state index in [9.17, 15) is 33.6 Å². The molecule has 0 aliphatic carbocycles. The minimum Gasteiger partial charge on any atom is -0.463 e. The maximum atomic E-state index is 13.6. The molecule has 1 aromatic heterocycles. The van der Waals surface area contributed by atoms with Gasteiger partial charge in [0.25, 0.3) is 5.75 Å². The van der Waals surface area contributed by atoms with E-state index in [0.717, 1.165) is 27.7 Å². The highest BCUT2D eigenvalue weighted by Gasteiger charge is 2.53. The topological polar surface area (TPSA) is 206 Å². The van der Waals surface area contributed by atoms with Crippen LogP contribution in [0.5, 0.6) is 17.2 Å². The zero-order chi connectivity index (χ0) is 38.2. The van der Waals surface area contributed by atoms with E-state index in [-0.39, 0.29) is 27.8 Å². The van der Waals surface area contributed by atoms with Crippen LogP contribution in [0.4, 0.5) is 0 Å². The van der Waals surface area contributed by atoms with Crippen molar-refractivity contribution >= 4 is 46.8 Å². The van der Waals surface area contributed by atoms with Gasteiger partial charge < -0.3 is 42.3 Å². The summed E-state index contributed by atoms with van der Waals surface area (Å²) in [4.78, 5) is 88.2. The molecule has 0 amide bonds. The second-order valence-corrected chi connectivity index (χ2v) is 11.4. The first-order valence-electron chi connectivity index (χ1n) is 15.9. The summed E-state index contributed by atoms with van der Waals surface area (Å²) in [5, 5.41) is -0.0344. The van der Waals surface area contributed by atoms with Crippen molar-refractivity contribution in [3.8, 4) is 17.2 Å². The number of benzene rings is 3. The summed E-state index contributed by atoms with van der Waals surface area (Å²) in [6.07, 6.45) is -8.07. The van der Waals surface area contributed by atoms with Crippen molar-refractivity contribution in [1.29, 1.82) is 0 Å². The smallest absolute Gasteiger partial charge is 0.383 e. The third-order valence-electron chi connectivity index (χ3n) is 7.40. The molecule has 1 saturated heterocycles. The van der Waals surface area contributed by atoms with Gasteiger partial charge in [-0.15, -0.1) is 0 Å². The average molecular weight is 733 g/mol. The predicted octanol–water partition coefficient (Wildman–Crippen LogP) is 3.69. The third kappa shape index (κ3) is 9.42. The van der Waals surface area contributed by atoms with Crippen LogP contribution < -0.4 is 19.8 Å². The second-order valence-electron chi connectivity index (χ2n) is 11.4. The first kappa shape index (κ1) is 37.7. The van der Waals surface area contributed by atoms with Crippen LogP contribution in [0.1, 0.15) is 48.4 Å². The summed E-state index contributed by atoms with van der Waals surface area (Å²) in [6.45, 7) is 3.68. The Morgan fingerprint density at radius 2 is 1.17 bits per heavy atom. The molecule has 0 radical (unpaired) electrons. The van der Waals surface area contributed by atoms with Crippen molar-refractivity contribution in [2.45, 2.75) is 58.4 Å². The van der Waals surface area contributed by atoms with Crippen LogP contribution >= 0.6 is 0 Å². The summed E-state index contributed by atoms with van der Waals surface area (Å²) in [5.74, 6) is -6.40. The largest absolute Gasteiger partial charge is 0.463 e. The van der Waals surface area contributed by atoms with Crippen LogP contribution in [-0.2, 0) is 42.9 Å². The van der Waals surface area contributed by atoms with Crippen LogP contribution in [0, 0.1) is 0 Å². The molecule has 0 saturated carbocycles. The molecule has 16 nitrogen and oxygen atoms in total. The number of carbonyl (C=O) groups is 6. The Morgan fingerprint density at radius 3 is 1.74 bits per heavy atom. The molecule has 1 fully saturated rings. The Labute approximate surface area is 300 Å². The van der Waals surface area contributed by atoms with Gasteiger partial charge in [-0.1, -0.05) is 36.4 Å². The molecule has 0 unspecified atom stereocenters. The fourth-order valence-corrected chi connectivity index (χ4v) is 5.27. The van der Waals surface area contributed by atoms with Crippen molar-refractivity contribution in [2.24, 2.45) is 0 Å². The number of esters is 6. The highest BCUT2D eigenvalue weighted by molar-refractivity contribution is 5.94. The van der Waals surface area contributed by atoms with Crippen LogP contribution in [0.25, 0.3) is 11.0 Å². The molecule has 5 rings (SSSR count). The molecule has 2 heterocycles. The molecule has 3 aromatic carbocycles. The Hall–Kier alpha value is -6.55. The van der Waals surface area contributed by atoms with E-state index in [4.69, 9.17) is 42.3 Å². The third-order valence-corrected chi connectivity index (χ3v) is 7.40. The normalized spacial score (nSPS) is 19.3. The minimum absolute atomic E-state index is 0.0344. The quantitative estimate of drug-likeness (QED) is 0.0933. The Morgan fingerprint density at radius 1 is 0.623 bits per heavy atom. The Balaban J connectivity index is 1.63. The van der Waals surface area contributed by atoms with Gasteiger partial charge in [0.1, 0.15) is 24.0 Å². The fraction of sp³-hybridized carbons (Fsp3) is 0.270. The van der Waals surface area contributed by atoms with E-state index in [1.54, 1.807) is 36.4 Å². The predicted molar refractivity (Wildman–Crippen MR) is 178 cm³/mol. The van der Waals surface area contributed by atoms with Gasteiger partial charge >= 0.3 is 41.4 Å². The van der Waals surface area contributed by atoms with E-state index >= 15 is 0 Å². The summed E-state index contributed by atoms with van der Waals surface area (Å²) in [6, 6.07) is 19.6. The number of rotatable bonds is 11. The monoisotopic (exact) mass is 732 g/mol. The summed E-state index contributed by atoms with van der Waals surface area (Å²) in [7, 11) is 0. The molecule has 276 valence electrons. The lowest BCUT2D eigenvalue weighted by molar-refractivity contribution is -0.288. The van der Waals surface area contributed by atoms with Gasteiger partial charge in [-0.25, -0.2) is 14.4 Å². The van der Waals surface area contributed by atoms with E-state index in [2.05, 4.69) is 0 Å². The SMILES string of the molecule is CC(=O)OC[C@H]1O[C@@H](Oc2c(OC(=O)c3ccccc3)c(=O)oc3cc(OC(=O)c4ccccc4)ccc23)[C@H](OC(C)=O)[C@@H](OC(C)=O)[C@H]1OC(C)=O. The molecule has 53 heavy (non-hydrogen) atoms. The zero-order valence-corrected chi connectivity index (χ0v) is 28.6. The van der Waals surface area contributed by atoms with E-state index < -0.39 is 90.3 Å². The van der Waals surface area contributed by atoms with E-state index in [1.807, 2.05) is 0 Å². The van der Waals surface area contributed by atoms with Gasteiger partial charge in [0, 0.05) is 33.8 Å². The number of carbonyl (C=O) groups excluding carboxylic acids is 6. The first-order chi connectivity index (χ1) is 25.3. The molecule has 5 atom stereocenters. The average Bonchev–Trinajstić information content (AvgIpc) is 3.11. The number of fused-ring (bicyclic) bond motifs is 1. The highest BCUT2D eigenvalue weighted by Crippen LogP contribution is 2.39. The lowest BCUT2D eigenvalue weighted by Gasteiger charge is -2.44. The number of hydrogen-bond donors (Lipinski definition) is 0. The molecule has 1 aliphatic rings. The van der Waals surface area contributed by atoms with Gasteiger partial charge in [-0.3, -0.25) is 19.2 Å². The van der Waals surface area contributed by atoms with Crippen molar-refractivity contribution in [3.05, 3.63) is 100 Å². The first-order valence-corrected chi connectivity index (χ1v) is 15.9. The summed E-state index contributed by atoms with van der Waals surface area (Å²) in [5.41, 5.74) is -1.15. The molecule has 0 N–H and O–H groups in total. The second kappa shape index (κ2) is 16.6. The lowest BCUT2D eigenvalue weighted by Crippen LogP contribution is -2.63. The fourth-order valence-electron chi connectivity index (χ4n) is 5.27. The number of hydrogen-bond acceptors (Lipinski definition) is 16. The molecule has 0 spiro atoms. The zero-order valence-electron chi connectivity index (χ0n) is 28.6. The maximum absolute atomic E-state index is 13.6. The van der Waals surface area contributed by atoms with Crippen molar-refractivity contribution < 1.29 is 71.1 Å². The van der Waals surface area contributed by atoms with Crippen LogP contribution in [-0.4, -0.2) is 73.1 Å². The molecular formula is C37H32O16. The van der Waals surface area contributed by atoms with Gasteiger partial charge in [-0.05, 0) is 36.4 Å². The Kier molecular flexibility index (Phi) is 11.8. The van der Waals surface area contributed by atoms with Crippen LogP contribution in [0.2, 0.25) is 0 Å². The lowest BCUT2D eigenvalue weighted by atomic mass is 9.98. The van der Waals surface area contributed by atoms with Gasteiger partial charge in [0.2, 0.25) is 12.4 Å². The standard InChI is InChI=1S/C37H32O16/c1-19(38)45-18-28-30(46-20(2)39)31(47-21(3)40)33(48-22(4)41)37(51-28)53-29-26-16-15-25(49-34(42)23-11-7-5-8-12-23)17-27(26)50-36(44)32(29)52-35(43)24-13-9-6-10-14-24/h5-17,28,30-31,33,37H,18H2,1-4H3/t28-,30+,31+,33-,37+/m1/s1. The highest BCUT2D eigenvalue weighted by atomic mass is 16.7. The molecule has 16 heteroatoms. The summed E-state index contributed by atoms with van der Waals surface area (Å²) >= 11 is 0. The van der Waals surface area contributed by atoms with Crippen molar-refractivity contribution in [2.75, 3.05) is 6.61 Å². The molecular weight excluding hydrogens is 700 g/mol. The van der Waals surface area contributed by atoms with Crippen LogP contribution in [0.15, 0.2) is 88.1 Å². The van der Waals surface area contributed by atoms with E-state index in [1.165, 1.54) is 42.5 Å². The summed E-state index contributed by atoms with van der Waals surface area (Å²) < 4.78 is 50.2. The number of ether oxygens (including phenoxy) is 8. The molecule has 1 aliphatic heterocycles. The maximum Gasteiger partial charge on any atom is 0.383 e. The Bertz CT molecular complexity index is 2070. The van der Waals surface area contributed by atoms with E-state index in [0.29, 0.717) is 0 Å². The van der Waals surface area contributed by atoms with Crippen molar-refractivity contribution in [3.63, 3.8) is 0 Å². The van der Waals surface area contributed by atoms with Gasteiger partial charge in [0.05, 0.1) is 16.5 Å². The van der Waals surface area contributed by atoms with Gasteiger partial charge in [-0.2, -0.15) is 0 Å². The molecule has 0 bridgehead atoms. The van der Waals surface area contributed by atoms with Crippen LogP contribution in [0.3, 0.4) is 0 Å². The molecule has 4 aromatic rings.